The van der Waals surface area contributed by atoms with Crippen LogP contribution >= 0.6 is 0 Å². The van der Waals surface area contributed by atoms with Crippen molar-refractivity contribution in [3.8, 4) is 44.5 Å². The minimum atomic E-state index is -0.389. The van der Waals surface area contributed by atoms with Crippen molar-refractivity contribution in [2.75, 3.05) is 21.3 Å². The van der Waals surface area contributed by atoms with Gasteiger partial charge in [-0.15, -0.1) is 0 Å². The maximum atomic E-state index is 12.9. The van der Waals surface area contributed by atoms with E-state index >= 15 is 0 Å². The zero-order valence-electron chi connectivity index (χ0n) is 36.5. The zero-order chi connectivity index (χ0) is 47.3. The van der Waals surface area contributed by atoms with Crippen LogP contribution in [0, 0.1) is 0 Å². The second-order valence-electron chi connectivity index (χ2n) is 15.5. The molecular weight excluding hydrogens is 849 g/mol. The molecule has 2 aliphatic rings. The minimum Gasteiger partial charge on any atom is -0.354 e. The van der Waals surface area contributed by atoms with Gasteiger partial charge in [-0.1, -0.05) is 99.1 Å². The molecule has 5 heterocycles. The predicted molar refractivity (Wildman–Crippen MR) is 276 cm³/mol. The van der Waals surface area contributed by atoms with Crippen molar-refractivity contribution >= 4 is 92.7 Å². The van der Waals surface area contributed by atoms with Crippen molar-refractivity contribution in [3.63, 3.8) is 0 Å². The number of para-hydroxylation sites is 4. The molecule has 0 spiro atoms. The molecule has 0 unspecified atom stereocenters. The lowest BCUT2D eigenvalue weighted by Gasteiger charge is -2.13. The summed E-state index contributed by atoms with van der Waals surface area (Å²) in [6.07, 6.45) is 12.5. The lowest BCUT2D eigenvalue weighted by molar-refractivity contribution is -0.112. The monoisotopic (exact) mass is 890 g/mol. The van der Waals surface area contributed by atoms with Crippen LogP contribution in [-0.4, -0.2) is 43.6 Å². The number of benzene rings is 4. The molecule has 0 atom stereocenters. The first-order chi connectivity index (χ1) is 33.2. The maximum absolute atomic E-state index is 12.9. The molecular formula is C56H42N8O4. The van der Waals surface area contributed by atoms with Crippen LogP contribution in [0.5, 0.6) is 0 Å². The predicted octanol–water partition coefficient (Wildman–Crippen LogP) is 11.8. The fourth-order valence-electron chi connectivity index (χ4n) is 8.31. The third-order valence-electron chi connectivity index (χ3n) is 11.3. The number of anilines is 4. The van der Waals surface area contributed by atoms with Crippen molar-refractivity contribution in [2.45, 2.75) is 0 Å². The van der Waals surface area contributed by atoms with Gasteiger partial charge in [-0.2, -0.15) is 0 Å². The van der Waals surface area contributed by atoms with E-state index in [0.717, 1.165) is 0 Å². The van der Waals surface area contributed by atoms with Gasteiger partial charge < -0.3 is 31.2 Å². The summed E-state index contributed by atoms with van der Waals surface area (Å²) in [6.45, 7) is 14.7. The van der Waals surface area contributed by atoms with E-state index in [4.69, 9.17) is 9.97 Å². The third kappa shape index (κ3) is 8.51. The van der Waals surface area contributed by atoms with Crippen LogP contribution in [-0.2, 0) is 19.2 Å². The van der Waals surface area contributed by atoms with E-state index in [1.54, 1.807) is 0 Å². The molecule has 3 aromatic heterocycles. The van der Waals surface area contributed by atoms with Gasteiger partial charge in [-0.3, -0.25) is 19.2 Å². The van der Waals surface area contributed by atoms with Gasteiger partial charge in [-0.25, -0.2) is 9.97 Å². The van der Waals surface area contributed by atoms with E-state index in [1.165, 1.54) is 24.3 Å². The summed E-state index contributed by atoms with van der Waals surface area (Å²) in [7, 11) is 0. The van der Waals surface area contributed by atoms with Crippen LogP contribution in [0.25, 0.3) is 90.9 Å². The fraction of sp³-hybridized carbons (Fsp3) is 0. The number of H-pyrrole nitrogens is 2. The second kappa shape index (κ2) is 18.8. The van der Waals surface area contributed by atoms with E-state index in [2.05, 4.69) is 57.6 Å². The summed E-state index contributed by atoms with van der Waals surface area (Å²) >= 11 is 0. The lowest BCUT2D eigenvalue weighted by atomic mass is 10.0. The molecule has 8 bridgehead atoms. The van der Waals surface area contributed by atoms with Gasteiger partial charge >= 0.3 is 0 Å². The number of aromatic nitrogens is 4. The number of fused-ring (bicyclic) bond motifs is 8. The molecule has 6 N–H and O–H groups in total. The third-order valence-corrected chi connectivity index (χ3v) is 11.3. The Balaban J connectivity index is 1.49. The van der Waals surface area contributed by atoms with Crippen LogP contribution in [0.15, 0.2) is 172 Å². The van der Waals surface area contributed by atoms with E-state index in [1.807, 2.05) is 146 Å². The smallest absolute Gasteiger partial charge is 0.247 e. The highest BCUT2D eigenvalue weighted by Crippen LogP contribution is 2.43. The molecule has 0 radical (unpaired) electrons. The highest BCUT2D eigenvalue weighted by molar-refractivity contribution is 6.09. The van der Waals surface area contributed by atoms with Gasteiger partial charge in [0.05, 0.1) is 22.8 Å². The van der Waals surface area contributed by atoms with Crippen LogP contribution in [0.4, 0.5) is 22.7 Å². The summed E-state index contributed by atoms with van der Waals surface area (Å²) in [5.74, 6) is -1.56. The van der Waals surface area contributed by atoms with Gasteiger partial charge in [0.25, 0.3) is 0 Å². The lowest BCUT2D eigenvalue weighted by Crippen LogP contribution is -2.08. The Hall–Kier alpha value is -9.68. The summed E-state index contributed by atoms with van der Waals surface area (Å²) in [5, 5.41) is 11.9. The molecule has 7 aromatic rings. The van der Waals surface area contributed by atoms with Gasteiger partial charge in [0, 0.05) is 89.3 Å². The van der Waals surface area contributed by atoms with E-state index in [9.17, 15) is 19.2 Å². The largest absolute Gasteiger partial charge is 0.354 e. The van der Waals surface area contributed by atoms with Crippen molar-refractivity contribution in [3.05, 3.63) is 195 Å². The standard InChI is InChI=1S/C56H42N8O4/c1-5-49(65)61-37-21-13-9-17-33(37)53-41-25-27-43(57-41)54(34-18-10-14-22-38(34)62-50(66)6-2)45-29-31-47(59-45)56(36-20-12-16-24-40(36)64-52(68)8-4)48-32-30-46(60-48)55(44-28-26-42(53)58-44)35-19-11-15-23-39(35)63-51(67)7-3/h5-32,57,60H,1-4H2,(H,61,65)(H,62,66)(H,63,67)(H,64,68). The van der Waals surface area contributed by atoms with Crippen LogP contribution < -0.4 is 21.3 Å². The Bertz CT molecular complexity index is 3080. The van der Waals surface area contributed by atoms with Crippen LogP contribution in [0.1, 0.15) is 22.8 Å². The van der Waals surface area contributed by atoms with Crippen LogP contribution in [0.2, 0.25) is 0 Å². The number of carbonyl (C=O) groups excluding carboxylic acids is 4. The molecule has 12 heteroatoms. The molecule has 68 heavy (non-hydrogen) atoms. The number of aromatic amines is 2. The molecule has 330 valence electrons. The number of carbonyl (C=O) groups is 4. The zero-order valence-corrected chi connectivity index (χ0v) is 36.5. The summed E-state index contributed by atoms with van der Waals surface area (Å²) in [4.78, 5) is 69.7. The van der Waals surface area contributed by atoms with Gasteiger partial charge in [0.15, 0.2) is 0 Å². The number of nitrogens with one attached hydrogen (secondary N) is 6. The molecule has 0 saturated carbocycles. The Kier molecular flexibility index (Phi) is 12.0. The average molecular weight is 891 g/mol. The minimum absolute atomic E-state index is 0.389. The topological polar surface area (TPSA) is 174 Å². The summed E-state index contributed by atoms with van der Waals surface area (Å²) < 4.78 is 0. The average Bonchev–Trinajstić information content (AvgIpc) is 4.22. The van der Waals surface area contributed by atoms with Gasteiger partial charge in [-0.05, 0) is 97.1 Å². The van der Waals surface area contributed by atoms with Crippen molar-refractivity contribution in [1.29, 1.82) is 0 Å². The van der Waals surface area contributed by atoms with Crippen LogP contribution in [0.3, 0.4) is 0 Å². The highest BCUT2D eigenvalue weighted by Gasteiger charge is 2.23. The Morgan fingerprint density at radius 2 is 0.574 bits per heavy atom. The van der Waals surface area contributed by atoms with Crippen molar-refractivity contribution in [1.82, 2.24) is 19.9 Å². The van der Waals surface area contributed by atoms with Crippen molar-refractivity contribution in [2.24, 2.45) is 0 Å². The number of nitrogens with zero attached hydrogens (tertiary/aromatic N) is 2. The van der Waals surface area contributed by atoms with E-state index in [-0.39, 0.29) is 23.6 Å². The number of rotatable bonds is 12. The molecule has 4 aromatic carbocycles. The molecule has 0 fully saturated rings. The molecule has 4 amide bonds. The number of amides is 4. The molecule has 12 nitrogen and oxygen atoms in total. The van der Waals surface area contributed by atoms with E-state index < -0.39 is 0 Å². The quantitative estimate of drug-likeness (QED) is 0.0666. The number of hydrogen-bond acceptors (Lipinski definition) is 6. The molecule has 9 rings (SSSR count). The molecule has 0 saturated heterocycles. The Morgan fingerprint density at radius 1 is 0.353 bits per heavy atom. The normalized spacial score (nSPS) is 11.3. The van der Waals surface area contributed by atoms with E-state index in [0.29, 0.717) is 112 Å². The number of hydrogen-bond donors (Lipinski definition) is 6. The summed E-state index contributed by atoms with van der Waals surface area (Å²) in [5.41, 5.74) is 12.2. The fourth-order valence-corrected chi connectivity index (χ4v) is 8.31. The molecule has 0 aliphatic carbocycles. The SMILES string of the molecule is C=CC(=O)Nc1ccccc1-c1c2nc(c(-c3ccccc3NC(=O)C=C)c3ccc([nH]3)c(-c3ccccc3NC(=O)C=C)c3nc(c(-c4ccccc4NC(=O)C=C)c4ccc1[nH]4)C=C3)C=C2. The Labute approximate surface area is 390 Å². The summed E-state index contributed by atoms with van der Waals surface area (Å²) in [6, 6.07) is 37.5. The first kappa shape index (κ1) is 43.6. The van der Waals surface area contributed by atoms with Gasteiger partial charge in [0.2, 0.25) is 23.6 Å². The second-order valence-corrected chi connectivity index (χ2v) is 15.5. The molecule has 2 aliphatic heterocycles. The first-order valence-electron chi connectivity index (χ1n) is 21.5. The van der Waals surface area contributed by atoms with Crippen molar-refractivity contribution < 1.29 is 19.2 Å². The Morgan fingerprint density at radius 3 is 0.794 bits per heavy atom. The van der Waals surface area contributed by atoms with Gasteiger partial charge in [0.1, 0.15) is 0 Å². The first-order valence-corrected chi connectivity index (χ1v) is 21.5. The highest BCUT2D eigenvalue weighted by atomic mass is 16.2. The maximum Gasteiger partial charge on any atom is 0.247 e.